The maximum absolute atomic E-state index is 12.3. The average molecular weight is 384 g/mol. The molecule has 7 nitrogen and oxygen atoms in total. The van der Waals surface area contributed by atoms with E-state index in [-0.39, 0.29) is 24.5 Å². The van der Waals surface area contributed by atoms with Gasteiger partial charge >= 0.3 is 0 Å². The lowest BCUT2D eigenvalue weighted by Gasteiger charge is -2.12. The lowest BCUT2D eigenvalue weighted by molar-refractivity contribution is -0.118. The summed E-state index contributed by atoms with van der Waals surface area (Å²) in [6, 6.07) is 13.9. The number of carbonyl (C=O) groups excluding carboxylic acids is 2. The summed E-state index contributed by atoms with van der Waals surface area (Å²) in [7, 11) is 1.54. The van der Waals surface area contributed by atoms with Crippen molar-refractivity contribution in [2.24, 2.45) is 0 Å². The van der Waals surface area contributed by atoms with E-state index in [1.54, 1.807) is 42.5 Å². The highest BCUT2D eigenvalue weighted by Crippen LogP contribution is 2.25. The summed E-state index contributed by atoms with van der Waals surface area (Å²) in [6.07, 6.45) is 2.07. The molecular weight excluding hydrogens is 360 g/mol. The van der Waals surface area contributed by atoms with E-state index in [2.05, 4.69) is 10.6 Å². The molecule has 7 heteroatoms. The van der Waals surface area contributed by atoms with Crippen LogP contribution in [0, 0.1) is 0 Å². The summed E-state index contributed by atoms with van der Waals surface area (Å²) in [4.78, 5) is 24.5. The van der Waals surface area contributed by atoms with Gasteiger partial charge in [0.05, 0.1) is 13.2 Å². The molecular formula is C21H24N2O5. The highest BCUT2D eigenvalue weighted by molar-refractivity contribution is 5.97. The Morgan fingerprint density at radius 2 is 1.96 bits per heavy atom. The SMILES string of the molecule is COc1ccccc1OCC(=O)Nc1cccc(C(=O)NC[C@H]2CCCO2)c1. The van der Waals surface area contributed by atoms with E-state index in [1.165, 1.54) is 7.11 Å². The van der Waals surface area contributed by atoms with Crippen LogP contribution in [-0.2, 0) is 9.53 Å². The highest BCUT2D eigenvalue weighted by atomic mass is 16.5. The van der Waals surface area contributed by atoms with Crippen LogP contribution in [0.2, 0.25) is 0 Å². The van der Waals surface area contributed by atoms with Crippen LogP contribution < -0.4 is 20.1 Å². The summed E-state index contributed by atoms with van der Waals surface area (Å²) in [5.41, 5.74) is 1.000. The Balaban J connectivity index is 1.51. The Labute approximate surface area is 164 Å². The van der Waals surface area contributed by atoms with Crippen LogP contribution in [0.3, 0.4) is 0 Å². The Kier molecular flexibility index (Phi) is 6.86. The van der Waals surface area contributed by atoms with Crippen molar-refractivity contribution in [3.8, 4) is 11.5 Å². The minimum absolute atomic E-state index is 0.0824. The van der Waals surface area contributed by atoms with E-state index < -0.39 is 0 Å². The molecule has 0 bridgehead atoms. The summed E-state index contributed by atoms with van der Waals surface area (Å²) >= 11 is 0. The Bertz CT molecular complexity index is 818. The summed E-state index contributed by atoms with van der Waals surface area (Å²) in [5.74, 6) is 0.516. The van der Waals surface area contributed by atoms with E-state index in [9.17, 15) is 9.59 Å². The molecule has 2 aromatic rings. The Morgan fingerprint density at radius 3 is 2.71 bits per heavy atom. The minimum atomic E-state index is -0.331. The van der Waals surface area contributed by atoms with Gasteiger partial charge in [-0.25, -0.2) is 0 Å². The highest BCUT2D eigenvalue weighted by Gasteiger charge is 2.17. The maximum Gasteiger partial charge on any atom is 0.262 e. The minimum Gasteiger partial charge on any atom is -0.493 e. The number of ether oxygens (including phenoxy) is 3. The molecule has 2 aromatic carbocycles. The number of carbonyl (C=O) groups is 2. The zero-order valence-corrected chi connectivity index (χ0v) is 15.8. The number of nitrogens with one attached hydrogen (secondary N) is 2. The second-order valence-corrected chi connectivity index (χ2v) is 6.41. The number of benzene rings is 2. The van der Waals surface area contributed by atoms with Crippen molar-refractivity contribution in [2.45, 2.75) is 18.9 Å². The van der Waals surface area contributed by atoms with Crippen molar-refractivity contribution in [1.82, 2.24) is 5.32 Å². The molecule has 0 aliphatic carbocycles. The van der Waals surface area contributed by atoms with Crippen LogP contribution in [0.5, 0.6) is 11.5 Å². The molecule has 0 saturated carbocycles. The van der Waals surface area contributed by atoms with Crippen molar-refractivity contribution in [3.05, 3.63) is 54.1 Å². The van der Waals surface area contributed by atoms with Crippen molar-refractivity contribution in [3.63, 3.8) is 0 Å². The van der Waals surface area contributed by atoms with Crippen molar-refractivity contribution in [1.29, 1.82) is 0 Å². The summed E-state index contributed by atoms with van der Waals surface area (Å²) < 4.78 is 16.2. The van der Waals surface area contributed by atoms with Gasteiger partial charge < -0.3 is 24.8 Å². The van der Waals surface area contributed by atoms with Crippen LogP contribution >= 0.6 is 0 Å². The molecule has 1 aliphatic heterocycles. The number of anilines is 1. The van der Waals surface area contributed by atoms with Crippen molar-refractivity contribution < 1.29 is 23.8 Å². The van der Waals surface area contributed by atoms with E-state index in [4.69, 9.17) is 14.2 Å². The molecule has 1 heterocycles. The normalized spacial score (nSPS) is 15.7. The first kappa shape index (κ1) is 19.7. The maximum atomic E-state index is 12.3. The van der Waals surface area contributed by atoms with E-state index in [1.807, 2.05) is 6.07 Å². The first-order valence-corrected chi connectivity index (χ1v) is 9.21. The van der Waals surface area contributed by atoms with Gasteiger partial charge in [-0.05, 0) is 43.2 Å². The van der Waals surface area contributed by atoms with Crippen LogP contribution in [0.25, 0.3) is 0 Å². The van der Waals surface area contributed by atoms with Crippen LogP contribution in [-0.4, -0.2) is 44.8 Å². The van der Waals surface area contributed by atoms with Gasteiger partial charge in [0.2, 0.25) is 0 Å². The zero-order valence-electron chi connectivity index (χ0n) is 15.8. The zero-order chi connectivity index (χ0) is 19.8. The van der Waals surface area contributed by atoms with Crippen molar-refractivity contribution >= 4 is 17.5 Å². The Hall–Kier alpha value is -3.06. The second-order valence-electron chi connectivity index (χ2n) is 6.41. The largest absolute Gasteiger partial charge is 0.493 e. The Morgan fingerprint density at radius 1 is 1.14 bits per heavy atom. The number of rotatable bonds is 8. The van der Waals surface area contributed by atoms with Gasteiger partial charge in [-0.2, -0.15) is 0 Å². The fourth-order valence-electron chi connectivity index (χ4n) is 2.93. The van der Waals surface area contributed by atoms with Gasteiger partial charge in [-0.15, -0.1) is 0 Å². The molecule has 1 saturated heterocycles. The third-order valence-electron chi connectivity index (χ3n) is 4.35. The smallest absolute Gasteiger partial charge is 0.262 e. The number of hydrogen-bond acceptors (Lipinski definition) is 5. The fraction of sp³-hybridized carbons (Fsp3) is 0.333. The van der Waals surface area contributed by atoms with E-state index in [0.717, 1.165) is 19.4 Å². The lowest BCUT2D eigenvalue weighted by atomic mass is 10.1. The molecule has 0 aromatic heterocycles. The average Bonchev–Trinajstić information content (AvgIpc) is 3.24. The molecule has 1 aliphatic rings. The quantitative estimate of drug-likeness (QED) is 0.731. The van der Waals surface area contributed by atoms with Crippen LogP contribution in [0.15, 0.2) is 48.5 Å². The molecule has 1 fully saturated rings. The number of hydrogen-bond donors (Lipinski definition) is 2. The van der Waals surface area contributed by atoms with Crippen molar-refractivity contribution in [2.75, 3.05) is 32.2 Å². The monoisotopic (exact) mass is 384 g/mol. The van der Waals surface area contributed by atoms with Gasteiger partial charge in [0.15, 0.2) is 18.1 Å². The molecule has 0 spiro atoms. The molecule has 28 heavy (non-hydrogen) atoms. The third-order valence-corrected chi connectivity index (χ3v) is 4.35. The first-order chi connectivity index (χ1) is 13.7. The predicted octanol–water partition coefficient (Wildman–Crippen LogP) is 2.62. The van der Waals surface area contributed by atoms with Crippen LogP contribution in [0.4, 0.5) is 5.69 Å². The lowest BCUT2D eigenvalue weighted by Crippen LogP contribution is -2.31. The third kappa shape index (κ3) is 5.47. The molecule has 0 unspecified atom stereocenters. The van der Waals surface area contributed by atoms with Gasteiger partial charge in [0, 0.05) is 24.4 Å². The standard InChI is InChI=1S/C21H24N2O5/c1-26-18-9-2-3-10-19(18)28-14-20(24)23-16-7-4-6-15(12-16)21(25)22-13-17-8-5-11-27-17/h2-4,6-7,9-10,12,17H,5,8,11,13-14H2,1H3,(H,22,25)(H,23,24)/t17-/m1/s1. The number of amides is 2. The van der Waals surface area contributed by atoms with Gasteiger partial charge in [-0.1, -0.05) is 18.2 Å². The second kappa shape index (κ2) is 9.75. The van der Waals surface area contributed by atoms with Gasteiger partial charge in [-0.3, -0.25) is 9.59 Å². The number of para-hydroxylation sites is 2. The van der Waals surface area contributed by atoms with Gasteiger partial charge in [0.1, 0.15) is 0 Å². The van der Waals surface area contributed by atoms with E-state index in [0.29, 0.717) is 29.3 Å². The molecule has 1 atom stereocenters. The summed E-state index contributed by atoms with van der Waals surface area (Å²) in [5, 5.41) is 5.60. The fourth-order valence-corrected chi connectivity index (χ4v) is 2.93. The summed E-state index contributed by atoms with van der Waals surface area (Å²) in [6.45, 7) is 1.07. The molecule has 148 valence electrons. The van der Waals surface area contributed by atoms with E-state index >= 15 is 0 Å². The topological polar surface area (TPSA) is 85.9 Å². The molecule has 3 rings (SSSR count). The molecule has 0 radical (unpaired) electrons. The predicted molar refractivity (Wildman–Crippen MR) is 105 cm³/mol. The number of methoxy groups -OCH3 is 1. The molecule has 2 amide bonds. The van der Waals surface area contributed by atoms with Crippen LogP contribution in [0.1, 0.15) is 23.2 Å². The molecule has 2 N–H and O–H groups in total. The first-order valence-electron chi connectivity index (χ1n) is 9.21. The van der Waals surface area contributed by atoms with Gasteiger partial charge in [0.25, 0.3) is 11.8 Å².